The van der Waals surface area contributed by atoms with E-state index in [1.165, 1.54) is 18.4 Å². The minimum absolute atomic E-state index is 0. The zero-order chi connectivity index (χ0) is 17.2. The molecule has 5 nitrogen and oxygen atoms in total. The molecule has 0 bridgehead atoms. The molecular formula is C19H31ClN2O3. The number of nitrogens with one attached hydrogen (secondary N) is 2. The number of aryl methyl sites for hydroxylation is 1. The van der Waals surface area contributed by atoms with Crippen molar-refractivity contribution < 1.29 is 14.3 Å². The van der Waals surface area contributed by atoms with Gasteiger partial charge >= 0.3 is 0 Å². The quantitative estimate of drug-likeness (QED) is 0.656. The van der Waals surface area contributed by atoms with E-state index < -0.39 is 0 Å². The lowest BCUT2D eigenvalue weighted by atomic mass is 9.93. The summed E-state index contributed by atoms with van der Waals surface area (Å²) < 4.78 is 10.6. The van der Waals surface area contributed by atoms with E-state index in [1.54, 1.807) is 14.2 Å². The van der Waals surface area contributed by atoms with Gasteiger partial charge in [-0.1, -0.05) is 6.07 Å². The molecule has 1 amide bonds. The summed E-state index contributed by atoms with van der Waals surface area (Å²) in [6.07, 6.45) is 5.91. The van der Waals surface area contributed by atoms with E-state index in [2.05, 4.69) is 10.6 Å². The number of halogens is 1. The molecular weight excluding hydrogens is 340 g/mol. The zero-order valence-electron chi connectivity index (χ0n) is 15.3. The molecule has 1 aliphatic rings. The molecule has 0 unspecified atom stereocenters. The Morgan fingerprint density at radius 1 is 1.20 bits per heavy atom. The normalized spacial score (nSPS) is 14.5. The molecule has 2 N–H and O–H groups in total. The maximum absolute atomic E-state index is 11.9. The molecule has 0 aromatic heterocycles. The summed E-state index contributed by atoms with van der Waals surface area (Å²) in [6.45, 7) is 2.91. The summed E-state index contributed by atoms with van der Waals surface area (Å²) >= 11 is 0. The number of carbonyl (C=O) groups excluding carboxylic acids is 1. The van der Waals surface area contributed by atoms with Gasteiger partial charge in [0, 0.05) is 13.0 Å². The van der Waals surface area contributed by atoms with E-state index >= 15 is 0 Å². The topological polar surface area (TPSA) is 59.6 Å². The van der Waals surface area contributed by atoms with Gasteiger partial charge in [-0.2, -0.15) is 0 Å². The van der Waals surface area contributed by atoms with E-state index in [4.69, 9.17) is 9.47 Å². The summed E-state index contributed by atoms with van der Waals surface area (Å²) in [5.74, 6) is 2.39. The SMILES string of the molecule is COc1ccc(CCCNC(=O)CCC2CCNCC2)cc1OC.Cl. The molecule has 1 heterocycles. The molecule has 0 saturated carbocycles. The molecule has 25 heavy (non-hydrogen) atoms. The Hall–Kier alpha value is -1.46. The van der Waals surface area contributed by atoms with Crippen LogP contribution in [-0.2, 0) is 11.2 Å². The Bertz CT molecular complexity index is 519. The Labute approximate surface area is 157 Å². The van der Waals surface area contributed by atoms with Crippen molar-refractivity contribution in [2.24, 2.45) is 5.92 Å². The molecule has 0 aliphatic carbocycles. The average Bonchev–Trinajstić information content (AvgIpc) is 2.64. The fraction of sp³-hybridized carbons (Fsp3) is 0.632. The van der Waals surface area contributed by atoms with Gasteiger partial charge in [0.1, 0.15) is 0 Å². The lowest BCUT2D eigenvalue weighted by Gasteiger charge is -2.22. The average molecular weight is 371 g/mol. The highest BCUT2D eigenvalue weighted by atomic mass is 35.5. The molecule has 1 aromatic carbocycles. The number of amides is 1. The molecule has 6 heteroatoms. The molecule has 0 atom stereocenters. The smallest absolute Gasteiger partial charge is 0.220 e. The monoisotopic (exact) mass is 370 g/mol. The van der Waals surface area contributed by atoms with Crippen LogP contribution in [0.3, 0.4) is 0 Å². The van der Waals surface area contributed by atoms with Gasteiger partial charge < -0.3 is 20.1 Å². The Kier molecular flexibility index (Phi) is 10.3. The second kappa shape index (κ2) is 12.0. The first-order chi connectivity index (χ1) is 11.7. The summed E-state index contributed by atoms with van der Waals surface area (Å²) in [4.78, 5) is 11.9. The van der Waals surface area contributed by atoms with E-state index in [-0.39, 0.29) is 18.3 Å². The maximum Gasteiger partial charge on any atom is 0.220 e. The summed E-state index contributed by atoms with van der Waals surface area (Å²) in [6, 6.07) is 5.96. The molecule has 142 valence electrons. The van der Waals surface area contributed by atoms with Crippen molar-refractivity contribution in [3.8, 4) is 11.5 Å². The molecule has 1 aliphatic heterocycles. The van der Waals surface area contributed by atoms with Gasteiger partial charge in [0.15, 0.2) is 11.5 Å². The highest BCUT2D eigenvalue weighted by Crippen LogP contribution is 2.27. The van der Waals surface area contributed by atoms with Crippen LogP contribution >= 0.6 is 12.4 Å². The largest absolute Gasteiger partial charge is 0.493 e. The van der Waals surface area contributed by atoms with Crippen LogP contribution in [-0.4, -0.2) is 39.8 Å². The number of hydrogen-bond acceptors (Lipinski definition) is 4. The van der Waals surface area contributed by atoms with Crippen LogP contribution in [0.4, 0.5) is 0 Å². The summed E-state index contributed by atoms with van der Waals surface area (Å²) in [7, 11) is 3.28. The third-order valence-electron chi connectivity index (χ3n) is 4.65. The number of hydrogen-bond donors (Lipinski definition) is 2. The van der Waals surface area contributed by atoms with Crippen LogP contribution in [0.1, 0.15) is 37.7 Å². The highest BCUT2D eigenvalue weighted by molar-refractivity contribution is 5.85. The molecule has 2 rings (SSSR count). The predicted octanol–water partition coefficient (Wildman–Crippen LogP) is 2.95. The number of ether oxygens (including phenoxy) is 2. The predicted molar refractivity (Wildman–Crippen MR) is 103 cm³/mol. The third kappa shape index (κ3) is 7.53. The van der Waals surface area contributed by atoms with E-state index in [1.807, 2.05) is 18.2 Å². The standard InChI is InChI=1S/C19H30N2O3.ClH/c1-23-17-7-5-16(14-18(17)24-2)4-3-11-21-19(22)8-6-15-9-12-20-13-10-15;/h5,7,14-15,20H,3-4,6,8-13H2,1-2H3,(H,21,22);1H. The van der Waals surface area contributed by atoms with Crippen LogP contribution in [0, 0.1) is 5.92 Å². The summed E-state index contributed by atoms with van der Waals surface area (Å²) in [5.41, 5.74) is 1.19. The number of methoxy groups -OCH3 is 2. The minimum Gasteiger partial charge on any atom is -0.493 e. The van der Waals surface area contributed by atoms with Gasteiger partial charge in [-0.05, 0) is 68.8 Å². The Balaban J connectivity index is 0.00000312. The van der Waals surface area contributed by atoms with Gasteiger partial charge in [-0.3, -0.25) is 4.79 Å². The van der Waals surface area contributed by atoms with E-state index in [0.29, 0.717) is 12.3 Å². The second-order valence-electron chi connectivity index (χ2n) is 6.37. The van der Waals surface area contributed by atoms with Crippen LogP contribution in [0.25, 0.3) is 0 Å². The first kappa shape index (κ1) is 21.6. The van der Waals surface area contributed by atoms with Gasteiger partial charge in [-0.15, -0.1) is 12.4 Å². The zero-order valence-corrected chi connectivity index (χ0v) is 16.1. The fourth-order valence-electron chi connectivity index (χ4n) is 3.15. The van der Waals surface area contributed by atoms with Gasteiger partial charge in [0.05, 0.1) is 14.2 Å². The van der Waals surface area contributed by atoms with Crippen LogP contribution < -0.4 is 20.1 Å². The van der Waals surface area contributed by atoms with Crippen molar-refractivity contribution in [3.05, 3.63) is 23.8 Å². The molecule has 1 aromatic rings. The van der Waals surface area contributed by atoms with Crippen molar-refractivity contribution in [3.63, 3.8) is 0 Å². The van der Waals surface area contributed by atoms with E-state index in [0.717, 1.165) is 50.4 Å². The van der Waals surface area contributed by atoms with Crippen LogP contribution in [0.15, 0.2) is 18.2 Å². The number of piperidine rings is 1. The summed E-state index contributed by atoms with van der Waals surface area (Å²) in [5, 5.41) is 6.39. The van der Waals surface area contributed by atoms with Gasteiger partial charge in [-0.25, -0.2) is 0 Å². The molecule has 0 radical (unpaired) electrons. The lowest BCUT2D eigenvalue weighted by molar-refractivity contribution is -0.121. The van der Waals surface area contributed by atoms with Crippen molar-refractivity contribution in [1.29, 1.82) is 0 Å². The van der Waals surface area contributed by atoms with Crippen molar-refractivity contribution in [1.82, 2.24) is 10.6 Å². The van der Waals surface area contributed by atoms with Gasteiger partial charge in [0.25, 0.3) is 0 Å². The fourth-order valence-corrected chi connectivity index (χ4v) is 3.15. The molecule has 0 spiro atoms. The highest BCUT2D eigenvalue weighted by Gasteiger charge is 2.14. The molecule has 1 saturated heterocycles. The second-order valence-corrected chi connectivity index (χ2v) is 6.37. The minimum atomic E-state index is 0. The van der Waals surface area contributed by atoms with E-state index in [9.17, 15) is 4.79 Å². The van der Waals surface area contributed by atoms with Crippen LogP contribution in [0.5, 0.6) is 11.5 Å². The number of benzene rings is 1. The van der Waals surface area contributed by atoms with Gasteiger partial charge in [0.2, 0.25) is 5.91 Å². The third-order valence-corrected chi connectivity index (χ3v) is 4.65. The maximum atomic E-state index is 11.9. The van der Waals surface area contributed by atoms with Crippen molar-refractivity contribution in [2.75, 3.05) is 33.9 Å². The lowest BCUT2D eigenvalue weighted by Crippen LogP contribution is -2.29. The molecule has 1 fully saturated rings. The van der Waals surface area contributed by atoms with Crippen molar-refractivity contribution in [2.45, 2.75) is 38.5 Å². The number of rotatable bonds is 9. The van der Waals surface area contributed by atoms with Crippen molar-refractivity contribution >= 4 is 18.3 Å². The first-order valence-electron chi connectivity index (χ1n) is 8.91. The Morgan fingerprint density at radius 3 is 2.60 bits per heavy atom. The number of carbonyl (C=O) groups is 1. The Morgan fingerprint density at radius 2 is 1.92 bits per heavy atom. The van der Waals surface area contributed by atoms with Crippen LogP contribution in [0.2, 0.25) is 0 Å². The first-order valence-corrected chi connectivity index (χ1v) is 8.91.